The van der Waals surface area contributed by atoms with E-state index in [0.717, 1.165) is 0 Å². The number of benzene rings is 2. The number of carbonyl (C=O) groups excluding carboxylic acids is 2. The molecule has 0 atom stereocenters. The van der Waals surface area contributed by atoms with Gasteiger partial charge in [-0.2, -0.15) is 0 Å². The highest BCUT2D eigenvalue weighted by atomic mass is 19.1. The van der Waals surface area contributed by atoms with E-state index in [9.17, 15) is 14.0 Å². The lowest BCUT2D eigenvalue weighted by atomic mass is 10.1. The molecule has 1 aliphatic heterocycles. The minimum atomic E-state index is -0.332. The number of halogens is 1. The Morgan fingerprint density at radius 3 is 2.32 bits per heavy atom. The summed E-state index contributed by atoms with van der Waals surface area (Å²) in [7, 11) is 1.53. The first kappa shape index (κ1) is 20.5. The number of ether oxygens (including phenoxy) is 1. The first-order valence-corrected chi connectivity index (χ1v) is 9.92. The van der Waals surface area contributed by atoms with Crippen LogP contribution < -0.4 is 4.74 Å². The highest BCUT2D eigenvalue weighted by Gasteiger charge is 2.28. The van der Waals surface area contributed by atoms with E-state index < -0.39 is 0 Å². The molecule has 9 heteroatoms. The summed E-state index contributed by atoms with van der Waals surface area (Å²) in [6, 6.07) is 13.5. The summed E-state index contributed by atoms with van der Waals surface area (Å²) < 4.78 is 20.5. The number of nitrogens with zero attached hydrogens (tertiary/aromatic N) is 5. The number of piperazine rings is 1. The van der Waals surface area contributed by atoms with E-state index in [1.807, 2.05) is 6.07 Å². The lowest BCUT2D eigenvalue weighted by Gasteiger charge is -2.34. The topological polar surface area (TPSA) is 80.6 Å². The number of amides is 2. The number of methoxy groups -OCH3 is 1. The minimum Gasteiger partial charge on any atom is -0.496 e. The Kier molecular flexibility index (Phi) is 5.92. The molecule has 0 bridgehead atoms. The monoisotopic (exact) mass is 423 g/mol. The van der Waals surface area contributed by atoms with Gasteiger partial charge in [-0.3, -0.25) is 9.59 Å². The maximum atomic E-state index is 13.8. The Bertz CT molecular complexity index is 1090. The van der Waals surface area contributed by atoms with Crippen LogP contribution in [-0.4, -0.2) is 69.9 Å². The molecular formula is C22H22FN5O3. The largest absolute Gasteiger partial charge is 0.496 e. The second kappa shape index (κ2) is 8.95. The molecule has 0 aliphatic carbocycles. The Morgan fingerprint density at radius 1 is 0.968 bits per heavy atom. The molecule has 2 amide bonds. The highest BCUT2D eigenvalue weighted by Crippen LogP contribution is 2.20. The Morgan fingerprint density at radius 2 is 1.61 bits per heavy atom. The zero-order valence-corrected chi connectivity index (χ0v) is 17.1. The van der Waals surface area contributed by atoms with E-state index in [1.165, 1.54) is 24.1 Å². The molecule has 8 nitrogen and oxygen atoms in total. The van der Waals surface area contributed by atoms with Crippen molar-refractivity contribution in [1.82, 2.24) is 24.8 Å². The van der Waals surface area contributed by atoms with Crippen LogP contribution >= 0.6 is 0 Å². The standard InChI is InChI=1S/C22H22FN5O3/c1-31-20-9-5-3-7-17(20)21(29)26-10-12-27(13-11-26)22(30)19-15-28(25-24-19)14-16-6-2-4-8-18(16)23/h2-9,15H,10-14H2,1H3. The quantitative estimate of drug-likeness (QED) is 0.628. The zero-order valence-electron chi connectivity index (χ0n) is 17.1. The van der Waals surface area contributed by atoms with E-state index in [1.54, 1.807) is 46.2 Å². The predicted octanol–water partition coefficient (Wildman–Crippen LogP) is 2.07. The van der Waals surface area contributed by atoms with Crippen LogP contribution in [0.3, 0.4) is 0 Å². The Labute approximate surface area is 178 Å². The smallest absolute Gasteiger partial charge is 0.276 e. The molecule has 4 rings (SSSR count). The number of carbonyl (C=O) groups is 2. The fourth-order valence-corrected chi connectivity index (χ4v) is 3.54. The summed E-state index contributed by atoms with van der Waals surface area (Å²) in [5.41, 5.74) is 1.16. The van der Waals surface area contributed by atoms with Gasteiger partial charge in [0.15, 0.2) is 5.69 Å². The highest BCUT2D eigenvalue weighted by molar-refractivity contribution is 5.97. The lowest BCUT2D eigenvalue weighted by Crippen LogP contribution is -2.50. The van der Waals surface area contributed by atoms with Crippen molar-refractivity contribution in [2.24, 2.45) is 0 Å². The van der Waals surface area contributed by atoms with Gasteiger partial charge >= 0.3 is 0 Å². The summed E-state index contributed by atoms with van der Waals surface area (Å²) in [6.07, 6.45) is 1.52. The second-order valence-corrected chi connectivity index (χ2v) is 7.18. The van der Waals surface area contributed by atoms with Crippen LogP contribution in [0.5, 0.6) is 5.75 Å². The fraction of sp³-hybridized carbons (Fsp3) is 0.273. The molecule has 1 fully saturated rings. The third-order valence-corrected chi connectivity index (χ3v) is 5.24. The summed E-state index contributed by atoms with van der Waals surface area (Å²) in [6.45, 7) is 1.78. The minimum absolute atomic E-state index is 0.125. The van der Waals surface area contributed by atoms with Gasteiger partial charge in [-0.05, 0) is 18.2 Å². The normalized spacial score (nSPS) is 13.9. The number of aromatic nitrogens is 3. The Hall–Kier alpha value is -3.75. The van der Waals surface area contributed by atoms with Gasteiger partial charge in [0, 0.05) is 31.7 Å². The number of para-hydroxylation sites is 1. The van der Waals surface area contributed by atoms with Gasteiger partial charge in [0.2, 0.25) is 0 Å². The van der Waals surface area contributed by atoms with Gasteiger partial charge in [-0.15, -0.1) is 5.10 Å². The average Bonchev–Trinajstić information content (AvgIpc) is 3.28. The molecule has 0 unspecified atom stereocenters. The molecule has 1 aliphatic rings. The third kappa shape index (κ3) is 4.40. The van der Waals surface area contributed by atoms with Gasteiger partial charge in [-0.25, -0.2) is 9.07 Å². The molecule has 0 N–H and O–H groups in total. The molecule has 31 heavy (non-hydrogen) atoms. The molecule has 160 valence electrons. The molecule has 0 radical (unpaired) electrons. The number of hydrogen-bond acceptors (Lipinski definition) is 5. The van der Waals surface area contributed by atoms with Crippen LogP contribution in [0.15, 0.2) is 54.7 Å². The SMILES string of the molecule is COc1ccccc1C(=O)N1CCN(C(=O)c2cn(Cc3ccccc3F)nn2)CC1. The van der Waals surface area contributed by atoms with Crippen LogP contribution in [0.4, 0.5) is 4.39 Å². The molecule has 3 aromatic rings. The van der Waals surface area contributed by atoms with Gasteiger partial charge in [0.1, 0.15) is 11.6 Å². The second-order valence-electron chi connectivity index (χ2n) is 7.18. The zero-order chi connectivity index (χ0) is 21.8. The average molecular weight is 423 g/mol. The van der Waals surface area contributed by atoms with Gasteiger partial charge in [-0.1, -0.05) is 35.5 Å². The van der Waals surface area contributed by atoms with Crippen molar-refractivity contribution >= 4 is 11.8 Å². The van der Waals surface area contributed by atoms with E-state index in [2.05, 4.69) is 10.3 Å². The molecule has 2 aromatic carbocycles. The van der Waals surface area contributed by atoms with Crippen molar-refractivity contribution in [3.05, 3.63) is 77.4 Å². The van der Waals surface area contributed by atoms with Crippen LogP contribution in [0.2, 0.25) is 0 Å². The molecule has 0 spiro atoms. The molecule has 1 saturated heterocycles. The molecule has 1 aromatic heterocycles. The van der Waals surface area contributed by atoms with Crippen molar-refractivity contribution in [3.63, 3.8) is 0 Å². The number of hydrogen-bond donors (Lipinski definition) is 0. The third-order valence-electron chi connectivity index (χ3n) is 5.24. The van der Waals surface area contributed by atoms with Crippen LogP contribution in [0.1, 0.15) is 26.4 Å². The summed E-state index contributed by atoms with van der Waals surface area (Å²) in [4.78, 5) is 29.0. The molecular weight excluding hydrogens is 401 g/mol. The van der Waals surface area contributed by atoms with Crippen LogP contribution in [0.25, 0.3) is 0 Å². The van der Waals surface area contributed by atoms with Crippen molar-refractivity contribution in [3.8, 4) is 5.75 Å². The number of rotatable bonds is 5. The van der Waals surface area contributed by atoms with Crippen molar-refractivity contribution in [2.45, 2.75) is 6.54 Å². The maximum Gasteiger partial charge on any atom is 0.276 e. The van der Waals surface area contributed by atoms with E-state index in [4.69, 9.17) is 4.74 Å². The van der Waals surface area contributed by atoms with Crippen LogP contribution in [0, 0.1) is 5.82 Å². The molecule has 0 saturated carbocycles. The summed E-state index contributed by atoms with van der Waals surface area (Å²) >= 11 is 0. The van der Waals surface area contributed by atoms with Gasteiger partial charge < -0.3 is 14.5 Å². The van der Waals surface area contributed by atoms with Crippen molar-refractivity contribution in [2.75, 3.05) is 33.3 Å². The first-order valence-electron chi connectivity index (χ1n) is 9.92. The van der Waals surface area contributed by atoms with Crippen LogP contribution in [-0.2, 0) is 6.54 Å². The Balaban J connectivity index is 1.37. The summed E-state index contributed by atoms with van der Waals surface area (Å²) in [5, 5.41) is 7.89. The summed E-state index contributed by atoms with van der Waals surface area (Å²) in [5.74, 6) is -0.191. The van der Waals surface area contributed by atoms with Gasteiger partial charge in [0.25, 0.3) is 11.8 Å². The lowest BCUT2D eigenvalue weighted by molar-refractivity contribution is 0.0530. The van der Waals surface area contributed by atoms with Gasteiger partial charge in [0.05, 0.1) is 25.4 Å². The van der Waals surface area contributed by atoms with E-state index in [0.29, 0.717) is 43.1 Å². The fourth-order valence-electron chi connectivity index (χ4n) is 3.54. The van der Waals surface area contributed by atoms with E-state index >= 15 is 0 Å². The van der Waals surface area contributed by atoms with Crippen molar-refractivity contribution < 1.29 is 18.7 Å². The first-order chi connectivity index (χ1) is 15.1. The molecule has 2 heterocycles. The van der Waals surface area contributed by atoms with Crippen molar-refractivity contribution in [1.29, 1.82) is 0 Å². The predicted molar refractivity (Wildman–Crippen MR) is 110 cm³/mol. The maximum absolute atomic E-state index is 13.8. The van der Waals surface area contributed by atoms with E-state index in [-0.39, 0.29) is 29.9 Å².